The van der Waals surface area contributed by atoms with Crippen molar-refractivity contribution in [2.45, 2.75) is 0 Å². The SMILES string of the molecule is C=C/C=C(\C=C)c1nc(-c2ccccc2)ncc1Br. The highest BCUT2D eigenvalue weighted by Gasteiger charge is 2.08. The van der Waals surface area contributed by atoms with Gasteiger partial charge in [-0.3, -0.25) is 0 Å². The molecule has 94 valence electrons. The van der Waals surface area contributed by atoms with Crippen molar-refractivity contribution >= 4 is 21.5 Å². The monoisotopic (exact) mass is 312 g/mol. The summed E-state index contributed by atoms with van der Waals surface area (Å²) in [4.78, 5) is 8.93. The van der Waals surface area contributed by atoms with E-state index in [0.717, 1.165) is 21.3 Å². The summed E-state index contributed by atoms with van der Waals surface area (Å²) in [7, 11) is 0. The molecule has 2 rings (SSSR count). The van der Waals surface area contributed by atoms with Crippen LogP contribution in [0.25, 0.3) is 17.0 Å². The van der Waals surface area contributed by atoms with Crippen LogP contribution in [0, 0.1) is 0 Å². The van der Waals surface area contributed by atoms with E-state index in [1.165, 1.54) is 0 Å². The number of nitrogens with zero attached hydrogens (tertiary/aromatic N) is 2. The van der Waals surface area contributed by atoms with Gasteiger partial charge in [0.1, 0.15) is 0 Å². The molecule has 0 amide bonds. The molecule has 19 heavy (non-hydrogen) atoms. The third kappa shape index (κ3) is 3.06. The quantitative estimate of drug-likeness (QED) is 0.767. The largest absolute Gasteiger partial charge is 0.235 e. The lowest BCUT2D eigenvalue weighted by atomic mass is 10.1. The Morgan fingerprint density at radius 1 is 1.16 bits per heavy atom. The first-order valence-corrected chi connectivity index (χ1v) is 6.59. The zero-order valence-electron chi connectivity index (χ0n) is 10.4. The van der Waals surface area contributed by atoms with E-state index in [9.17, 15) is 0 Å². The van der Waals surface area contributed by atoms with Crippen molar-refractivity contribution in [3.05, 3.63) is 78.1 Å². The fourth-order valence-corrected chi connectivity index (χ4v) is 2.09. The van der Waals surface area contributed by atoms with Gasteiger partial charge in [-0.15, -0.1) is 0 Å². The number of allylic oxidation sites excluding steroid dienone is 4. The molecule has 3 heteroatoms. The third-order valence-electron chi connectivity index (χ3n) is 2.57. The van der Waals surface area contributed by atoms with Gasteiger partial charge in [-0.1, -0.05) is 61.7 Å². The molecular formula is C16H13BrN2. The van der Waals surface area contributed by atoms with Crippen molar-refractivity contribution in [3.8, 4) is 11.4 Å². The highest BCUT2D eigenvalue weighted by atomic mass is 79.9. The summed E-state index contributed by atoms with van der Waals surface area (Å²) in [6.45, 7) is 7.50. The van der Waals surface area contributed by atoms with Gasteiger partial charge in [-0.2, -0.15) is 0 Å². The van der Waals surface area contributed by atoms with Gasteiger partial charge in [0, 0.05) is 17.3 Å². The fraction of sp³-hybridized carbons (Fsp3) is 0. The molecule has 0 saturated carbocycles. The molecular weight excluding hydrogens is 300 g/mol. The van der Waals surface area contributed by atoms with Crippen LogP contribution in [0.1, 0.15) is 5.69 Å². The minimum Gasteiger partial charge on any atom is -0.235 e. The molecule has 0 aliphatic rings. The van der Waals surface area contributed by atoms with E-state index in [-0.39, 0.29) is 0 Å². The molecule has 1 aromatic heterocycles. The topological polar surface area (TPSA) is 25.8 Å². The Morgan fingerprint density at radius 2 is 1.89 bits per heavy atom. The van der Waals surface area contributed by atoms with Crippen LogP contribution in [0.5, 0.6) is 0 Å². The van der Waals surface area contributed by atoms with Crippen LogP contribution in [-0.4, -0.2) is 9.97 Å². The molecule has 0 N–H and O–H groups in total. The maximum atomic E-state index is 4.59. The summed E-state index contributed by atoms with van der Waals surface area (Å²) in [5.41, 5.74) is 2.70. The van der Waals surface area contributed by atoms with E-state index in [1.807, 2.05) is 36.4 Å². The second kappa shape index (κ2) is 6.25. The van der Waals surface area contributed by atoms with E-state index >= 15 is 0 Å². The molecule has 0 radical (unpaired) electrons. The van der Waals surface area contributed by atoms with Crippen molar-refractivity contribution in [3.63, 3.8) is 0 Å². The van der Waals surface area contributed by atoms with Crippen LogP contribution in [0.15, 0.2) is 72.4 Å². The van der Waals surface area contributed by atoms with Crippen LogP contribution >= 0.6 is 15.9 Å². The van der Waals surface area contributed by atoms with Crippen molar-refractivity contribution < 1.29 is 0 Å². The van der Waals surface area contributed by atoms with Crippen molar-refractivity contribution in [2.75, 3.05) is 0 Å². The summed E-state index contributed by atoms with van der Waals surface area (Å²) in [5.74, 6) is 0.690. The minimum atomic E-state index is 0.690. The van der Waals surface area contributed by atoms with Crippen LogP contribution in [0.4, 0.5) is 0 Å². The molecule has 0 atom stereocenters. The lowest BCUT2D eigenvalue weighted by Crippen LogP contribution is -1.95. The van der Waals surface area contributed by atoms with Crippen LogP contribution in [-0.2, 0) is 0 Å². The van der Waals surface area contributed by atoms with Crippen molar-refractivity contribution in [2.24, 2.45) is 0 Å². The normalized spacial score (nSPS) is 11.1. The van der Waals surface area contributed by atoms with Gasteiger partial charge in [0.2, 0.25) is 0 Å². The average Bonchev–Trinajstić information content (AvgIpc) is 2.46. The second-order valence-electron chi connectivity index (χ2n) is 3.82. The van der Waals surface area contributed by atoms with Gasteiger partial charge in [0.05, 0.1) is 10.2 Å². The minimum absolute atomic E-state index is 0.690. The van der Waals surface area contributed by atoms with Gasteiger partial charge in [0.25, 0.3) is 0 Å². The summed E-state index contributed by atoms with van der Waals surface area (Å²) in [5, 5.41) is 0. The molecule has 0 aliphatic carbocycles. The van der Waals surface area contributed by atoms with Gasteiger partial charge in [-0.25, -0.2) is 9.97 Å². The third-order valence-corrected chi connectivity index (χ3v) is 3.15. The lowest BCUT2D eigenvalue weighted by Gasteiger charge is -2.07. The molecule has 0 aliphatic heterocycles. The molecule has 2 aromatic rings. The smallest absolute Gasteiger partial charge is 0.159 e. The van der Waals surface area contributed by atoms with Gasteiger partial charge < -0.3 is 0 Å². The molecule has 0 saturated heterocycles. The summed E-state index contributed by atoms with van der Waals surface area (Å²) in [6.07, 6.45) is 7.09. The Labute approximate surface area is 121 Å². The summed E-state index contributed by atoms with van der Waals surface area (Å²) in [6, 6.07) is 9.87. The van der Waals surface area contributed by atoms with E-state index in [1.54, 1.807) is 18.3 Å². The Hall–Kier alpha value is -2.00. The molecule has 0 fully saturated rings. The Balaban J connectivity index is 2.54. The molecule has 1 heterocycles. The first kappa shape index (κ1) is 13.4. The summed E-state index contributed by atoms with van der Waals surface area (Å²) < 4.78 is 0.834. The highest BCUT2D eigenvalue weighted by molar-refractivity contribution is 9.10. The number of hydrogen-bond acceptors (Lipinski definition) is 2. The standard InChI is InChI=1S/C16H13BrN2/c1-3-8-12(4-2)15-14(17)11-18-16(19-15)13-9-6-5-7-10-13/h3-11H,1-2H2/b12-8+. The van der Waals surface area contributed by atoms with E-state index in [0.29, 0.717) is 5.82 Å². The van der Waals surface area contributed by atoms with E-state index < -0.39 is 0 Å². The molecule has 0 unspecified atom stereocenters. The van der Waals surface area contributed by atoms with Crippen LogP contribution in [0.3, 0.4) is 0 Å². The zero-order chi connectivity index (χ0) is 13.7. The number of halogens is 1. The predicted molar refractivity (Wildman–Crippen MR) is 83.5 cm³/mol. The number of hydrogen-bond donors (Lipinski definition) is 0. The maximum Gasteiger partial charge on any atom is 0.159 e. The van der Waals surface area contributed by atoms with E-state index in [2.05, 4.69) is 39.1 Å². The van der Waals surface area contributed by atoms with Crippen molar-refractivity contribution in [1.82, 2.24) is 9.97 Å². The number of rotatable bonds is 4. The number of aromatic nitrogens is 2. The van der Waals surface area contributed by atoms with Crippen molar-refractivity contribution in [1.29, 1.82) is 0 Å². The second-order valence-corrected chi connectivity index (χ2v) is 4.67. The van der Waals surface area contributed by atoms with E-state index in [4.69, 9.17) is 0 Å². The Morgan fingerprint density at radius 3 is 2.53 bits per heavy atom. The van der Waals surface area contributed by atoms with Gasteiger partial charge in [0.15, 0.2) is 5.82 Å². The zero-order valence-corrected chi connectivity index (χ0v) is 12.0. The first-order chi connectivity index (χ1) is 9.26. The molecule has 2 nitrogen and oxygen atoms in total. The Bertz CT molecular complexity index is 630. The maximum absolute atomic E-state index is 4.59. The van der Waals surface area contributed by atoms with Gasteiger partial charge in [-0.05, 0) is 15.9 Å². The van der Waals surface area contributed by atoms with Crippen LogP contribution in [0.2, 0.25) is 0 Å². The van der Waals surface area contributed by atoms with Crippen LogP contribution < -0.4 is 0 Å². The fourth-order valence-electron chi connectivity index (χ4n) is 1.67. The molecule has 0 spiro atoms. The highest BCUT2D eigenvalue weighted by Crippen LogP contribution is 2.25. The average molecular weight is 313 g/mol. The predicted octanol–water partition coefficient (Wildman–Crippen LogP) is 4.66. The van der Waals surface area contributed by atoms with Gasteiger partial charge >= 0.3 is 0 Å². The molecule has 1 aromatic carbocycles. The summed E-state index contributed by atoms with van der Waals surface area (Å²) >= 11 is 3.47. The Kier molecular flexibility index (Phi) is 4.42. The number of benzene rings is 1. The molecule has 0 bridgehead atoms. The first-order valence-electron chi connectivity index (χ1n) is 5.79. The lowest BCUT2D eigenvalue weighted by molar-refractivity contribution is 1.14.